The SMILES string of the molecule is CSCCC(NC(=O)c1ccc(Cl)cc1Cl)C(=O)N1CCN(C)CC1. The van der Waals surface area contributed by atoms with Crippen molar-refractivity contribution < 1.29 is 9.59 Å². The average molecular weight is 404 g/mol. The van der Waals surface area contributed by atoms with Gasteiger partial charge in [0.15, 0.2) is 0 Å². The number of amides is 2. The summed E-state index contributed by atoms with van der Waals surface area (Å²) in [6.07, 6.45) is 2.57. The zero-order valence-corrected chi connectivity index (χ0v) is 16.8. The predicted octanol–water partition coefficient (Wildman–Crippen LogP) is 2.62. The Morgan fingerprint density at radius 2 is 1.92 bits per heavy atom. The topological polar surface area (TPSA) is 52.7 Å². The molecule has 0 spiro atoms. The monoisotopic (exact) mass is 403 g/mol. The Balaban J connectivity index is 2.08. The molecule has 0 bridgehead atoms. The van der Waals surface area contributed by atoms with Gasteiger partial charge in [0.05, 0.1) is 10.6 Å². The number of nitrogens with one attached hydrogen (secondary N) is 1. The maximum absolute atomic E-state index is 12.8. The van der Waals surface area contributed by atoms with Gasteiger partial charge in [0.2, 0.25) is 5.91 Å². The average Bonchev–Trinajstić information content (AvgIpc) is 2.58. The lowest BCUT2D eigenvalue weighted by molar-refractivity contribution is -0.134. The first-order valence-electron chi connectivity index (χ1n) is 8.14. The molecule has 1 aliphatic rings. The van der Waals surface area contributed by atoms with Gasteiger partial charge in [-0.15, -0.1) is 0 Å². The van der Waals surface area contributed by atoms with E-state index in [1.54, 1.807) is 23.9 Å². The van der Waals surface area contributed by atoms with E-state index in [1.807, 2.05) is 18.2 Å². The van der Waals surface area contributed by atoms with Gasteiger partial charge in [-0.1, -0.05) is 23.2 Å². The molecule has 0 aliphatic carbocycles. The predicted molar refractivity (Wildman–Crippen MR) is 105 cm³/mol. The normalized spacial score (nSPS) is 16.6. The first-order chi connectivity index (χ1) is 11.9. The van der Waals surface area contributed by atoms with Crippen molar-refractivity contribution in [3.05, 3.63) is 33.8 Å². The fourth-order valence-electron chi connectivity index (χ4n) is 2.65. The minimum atomic E-state index is -0.546. The largest absolute Gasteiger partial charge is 0.340 e. The molecule has 1 fully saturated rings. The highest BCUT2D eigenvalue weighted by molar-refractivity contribution is 7.98. The van der Waals surface area contributed by atoms with Gasteiger partial charge in [-0.3, -0.25) is 9.59 Å². The molecule has 0 radical (unpaired) electrons. The summed E-state index contributed by atoms with van der Waals surface area (Å²) in [5, 5.41) is 3.60. The van der Waals surface area contributed by atoms with Crippen molar-refractivity contribution in [1.29, 1.82) is 0 Å². The Kier molecular flexibility index (Phi) is 7.87. The number of carbonyl (C=O) groups is 2. The fourth-order valence-corrected chi connectivity index (χ4v) is 3.62. The van der Waals surface area contributed by atoms with E-state index in [2.05, 4.69) is 10.2 Å². The van der Waals surface area contributed by atoms with E-state index in [4.69, 9.17) is 23.2 Å². The number of rotatable bonds is 6. The first kappa shape index (κ1) is 20.4. The van der Waals surface area contributed by atoms with Gasteiger partial charge in [-0.05, 0) is 43.7 Å². The number of piperazine rings is 1. The minimum Gasteiger partial charge on any atom is -0.340 e. The van der Waals surface area contributed by atoms with Crippen LogP contribution in [0.25, 0.3) is 0 Å². The number of carbonyl (C=O) groups excluding carboxylic acids is 2. The molecular formula is C17H23Cl2N3O2S. The highest BCUT2D eigenvalue weighted by atomic mass is 35.5. The van der Waals surface area contributed by atoms with E-state index in [-0.39, 0.29) is 16.8 Å². The van der Waals surface area contributed by atoms with E-state index >= 15 is 0 Å². The van der Waals surface area contributed by atoms with Crippen LogP contribution in [0.1, 0.15) is 16.8 Å². The quantitative estimate of drug-likeness (QED) is 0.792. The van der Waals surface area contributed by atoms with Crippen LogP contribution in [0.4, 0.5) is 0 Å². The standard InChI is InChI=1S/C17H23Cl2N3O2S/c1-21-6-8-22(9-7-21)17(24)15(5-10-25-2)20-16(23)13-4-3-12(18)11-14(13)19/h3-4,11,15H,5-10H2,1-2H3,(H,20,23). The molecule has 2 amide bonds. The first-order valence-corrected chi connectivity index (χ1v) is 10.3. The molecule has 0 aromatic heterocycles. The summed E-state index contributed by atoms with van der Waals surface area (Å²) in [6.45, 7) is 3.06. The number of thioether (sulfide) groups is 1. The van der Waals surface area contributed by atoms with Crippen molar-refractivity contribution in [2.75, 3.05) is 45.2 Å². The maximum atomic E-state index is 12.8. The Hall–Kier alpha value is -0.950. The van der Waals surface area contributed by atoms with Gasteiger partial charge in [0, 0.05) is 31.2 Å². The van der Waals surface area contributed by atoms with Crippen LogP contribution in [0.5, 0.6) is 0 Å². The van der Waals surface area contributed by atoms with Gasteiger partial charge in [0.25, 0.3) is 5.91 Å². The third-order valence-electron chi connectivity index (χ3n) is 4.20. The molecule has 138 valence electrons. The molecular weight excluding hydrogens is 381 g/mol. The number of halogens is 2. The Bertz CT molecular complexity index is 622. The van der Waals surface area contributed by atoms with Crippen molar-refractivity contribution in [3.63, 3.8) is 0 Å². The zero-order chi connectivity index (χ0) is 18.4. The minimum absolute atomic E-state index is 0.0272. The van der Waals surface area contributed by atoms with Crippen LogP contribution in [-0.2, 0) is 4.79 Å². The molecule has 8 heteroatoms. The third kappa shape index (κ3) is 5.78. The summed E-state index contributed by atoms with van der Waals surface area (Å²) in [7, 11) is 2.04. The molecule has 1 aromatic rings. The number of hydrogen-bond donors (Lipinski definition) is 1. The summed E-state index contributed by atoms with van der Waals surface area (Å²) < 4.78 is 0. The van der Waals surface area contributed by atoms with Crippen LogP contribution in [0.2, 0.25) is 10.0 Å². The van der Waals surface area contributed by atoms with Crippen molar-refractivity contribution in [1.82, 2.24) is 15.1 Å². The lowest BCUT2D eigenvalue weighted by atomic mass is 10.1. The smallest absolute Gasteiger partial charge is 0.253 e. The molecule has 1 saturated heterocycles. The Morgan fingerprint density at radius 1 is 1.24 bits per heavy atom. The van der Waals surface area contributed by atoms with Gasteiger partial charge < -0.3 is 15.1 Å². The van der Waals surface area contributed by atoms with Crippen LogP contribution in [-0.4, -0.2) is 72.9 Å². The fraction of sp³-hybridized carbons (Fsp3) is 0.529. The van der Waals surface area contributed by atoms with Crippen LogP contribution >= 0.6 is 35.0 Å². The maximum Gasteiger partial charge on any atom is 0.253 e. The molecule has 0 saturated carbocycles. The summed E-state index contributed by atoms with van der Waals surface area (Å²) in [5.74, 6) is 0.412. The lowest BCUT2D eigenvalue weighted by Crippen LogP contribution is -2.54. The molecule has 25 heavy (non-hydrogen) atoms. The van der Waals surface area contributed by atoms with Crippen LogP contribution in [0.15, 0.2) is 18.2 Å². The highest BCUT2D eigenvalue weighted by Gasteiger charge is 2.28. The number of hydrogen-bond acceptors (Lipinski definition) is 4. The molecule has 1 aliphatic heterocycles. The molecule has 1 aromatic carbocycles. The zero-order valence-electron chi connectivity index (χ0n) is 14.4. The van der Waals surface area contributed by atoms with Crippen molar-refractivity contribution >= 4 is 46.8 Å². The molecule has 2 rings (SSSR count). The summed E-state index contributed by atoms with van der Waals surface area (Å²) in [5.41, 5.74) is 0.325. The van der Waals surface area contributed by atoms with Crippen LogP contribution < -0.4 is 5.32 Å². The Labute approximate surface area is 163 Å². The summed E-state index contributed by atoms with van der Waals surface area (Å²) >= 11 is 13.6. The third-order valence-corrected chi connectivity index (χ3v) is 5.40. The van der Waals surface area contributed by atoms with Gasteiger partial charge >= 0.3 is 0 Å². The highest BCUT2D eigenvalue weighted by Crippen LogP contribution is 2.21. The number of nitrogens with zero attached hydrogens (tertiary/aromatic N) is 2. The molecule has 5 nitrogen and oxygen atoms in total. The Morgan fingerprint density at radius 3 is 2.52 bits per heavy atom. The number of benzene rings is 1. The van der Waals surface area contributed by atoms with Crippen LogP contribution in [0, 0.1) is 0 Å². The van der Waals surface area contributed by atoms with E-state index in [0.717, 1.165) is 18.8 Å². The molecule has 1 unspecified atom stereocenters. The van der Waals surface area contributed by atoms with Crippen molar-refractivity contribution in [2.24, 2.45) is 0 Å². The molecule has 1 N–H and O–H groups in total. The van der Waals surface area contributed by atoms with E-state index in [9.17, 15) is 9.59 Å². The van der Waals surface area contributed by atoms with E-state index in [0.29, 0.717) is 30.1 Å². The van der Waals surface area contributed by atoms with Gasteiger partial charge in [-0.25, -0.2) is 0 Å². The second kappa shape index (κ2) is 9.67. The van der Waals surface area contributed by atoms with Gasteiger partial charge in [0.1, 0.15) is 6.04 Å². The van der Waals surface area contributed by atoms with Crippen molar-refractivity contribution in [3.8, 4) is 0 Å². The lowest BCUT2D eigenvalue weighted by Gasteiger charge is -2.34. The molecule has 1 atom stereocenters. The number of likely N-dealkylation sites (N-methyl/N-ethyl adjacent to an activating group) is 1. The summed E-state index contributed by atoms with van der Waals surface area (Å²) in [6, 6.07) is 4.17. The molecule has 1 heterocycles. The second-order valence-corrected chi connectivity index (χ2v) is 7.89. The second-order valence-electron chi connectivity index (χ2n) is 6.06. The van der Waals surface area contributed by atoms with Gasteiger partial charge in [-0.2, -0.15) is 11.8 Å². The van der Waals surface area contributed by atoms with Crippen LogP contribution in [0.3, 0.4) is 0 Å². The van der Waals surface area contributed by atoms with E-state index in [1.165, 1.54) is 6.07 Å². The van der Waals surface area contributed by atoms with E-state index < -0.39 is 6.04 Å². The summed E-state index contributed by atoms with van der Waals surface area (Å²) in [4.78, 5) is 29.4. The van der Waals surface area contributed by atoms with Crippen molar-refractivity contribution in [2.45, 2.75) is 12.5 Å².